The molecule has 5 aromatic carbocycles. The van der Waals surface area contributed by atoms with Crippen molar-refractivity contribution < 1.29 is 4.42 Å². The summed E-state index contributed by atoms with van der Waals surface area (Å²) in [5.74, 6) is 1.01. The Hall–Kier alpha value is -4.10. The molecule has 1 aromatic heterocycles. The van der Waals surface area contributed by atoms with Crippen molar-refractivity contribution in [1.82, 2.24) is 0 Å². The Kier molecular flexibility index (Phi) is 5.47. The summed E-state index contributed by atoms with van der Waals surface area (Å²) in [6.45, 7) is 4.00. The van der Waals surface area contributed by atoms with Crippen LogP contribution < -0.4 is 0 Å². The molecular formula is C34H28O. The zero-order chi connectivity index (χ0) is 23.8. The molecule has 170 valence electrons. The topological polar surface area (TPSA) is 13.1 Å². The molecule has 0 saturated heterocycles. The number of aryl methyl sites for hydroxylation is 1. The first-order valence-corrected chi connectivity index (χ1v) is 12.6. The highest BCUT2D eigenvalue weighted by Crippen LogP contribution is 2.46. The van der Waals surface area contributed by atoms with Crippen LogP contribution in [0.2, 0.25) is 0 Å². The number of rotatable bonds is 2. The predicted molar refractivity (Wildman–Crippen MR) is 151 cm³/mol. The Balaban J connectivity index is 0.00000112. The first kappa shape index (κ1) is 21.4. The van der Waals surface area contributed by atoms with Crippen molar-refractivity contribution >= 4 is 38.6 Å². The summed E-state index contributed by atoms with van der Waals surface area (Å²) in [4.78, 5) is 0. The van der Waals surface area contributed by atoms with Gasteiger partial charge in [0.15, 0.2) is 0 Å². The lowest BCUT2D eigenvalue weighted by Gasteiger charge is -2.18. The molecule has 1 nitrogen and oxygen atoms in total. The van der Waals surface area contributed by atoms with Gasteiger partial charge in [0, 0.05) is 10.9 Å². The minimum absolute atomic E-state index is 0.976. The van der Waals surface area contributed by atoms with E-state index in [4.69, 9.17) is 4.42 Å². The number of benzene rings is 5. The van der Waals surface area contributed by atoms with E-state index in [1.165, 1.54) is 54.7 Å². The second kappa shape index (κ2) is 8.92. The predicted octanol–water partition coefficient (Wildman–Crippen LogP) is 10.1. The summed E-state index contributed by atoms with van der Waals surface area (Å²) >= 11 is 0. The molecule has 35 heavy (non-hydrogen) atoms. The molecule has 0 atom stereocenters. The van der Waals surface area contributed by atoms with Gasteiger partial charge >= 0.3 is 0 Å². The zero-order valence-electron chi connectivity index (χ0n) is 20.2. The fraction of sp³-hybridized carbons (Fsp3) is 0.118. The fourth-order valence-corrected chi connectivity index (χ4v) is 5.57. The van der Waals surface area contributed by atoms with Gasteiger partial charge in [-0.3, -0.25) is 0 Å². The van der Waals surface area contributed by atoms with E-state index in [1.54, 1.807) is 0 Å². The Morgan fingerprint density at radius 2 is 1.20 bits per heavy atom. The third kappa shape index (κ3) is 3.39. The van der Waals surface area contributed by atoms with Gasteiger partial charge in [-0.05, 0) is 68.8 Å². The lowest BCUT2D eigenvalue weighted by atomic mass is 9.84. The standard InChI is InChI=1S/C32H22O.C2H6/c1-2-11-21(12-3-1)30-22-13-4-6-15-24(22)31(25-16-7-5-14-23(25)30)27-18-10-20-29-32(27)26-17-8-9-19-28(26)33-29;1-2/h1-7,9-16,18-20H,8,17H2;1-2H3. The van der Waals surface area contributed by atoms with Crippen LogP contribution in [-0.4, -0.2) is 0 Å². The molecule has 0 spiro atoms. The van der Waals surface area contributed by atoms with Crippen molar-refractivity contribution in [2.24, 2.45) is 0 Å². The number of fused-ring (bicyclic) bond motifs is 5. The lowest BCUT2D eigenvalue weighted by molar-refractivity contribution is 0.595. The van der Waals surface area contributed by atoms with Gasteiger partial charge in [-0.15, -0.1) is 0 Å². The van der Waals surface area contributed by atoms with Crippen LogP contribution in [-0.2, 0) is 6.42 Å². The van der Waals surface area contributed by atoms with Gasteiger partial charge < -0.3 is 4.42 Å². The fourth-order valence-electron chi connectivity index (χ4n) is 5.57. The van der Waals surface area contributed by atoms with Gasteiger partial charge in [-0.25, -0.2) is 0 Å². The van der Waals surface area contributed by atoms with Crippen LogP contribution in [0, 0.1) is 0 Å². The average Bonchev–Trinajstić information content (AvgIpc) is 3.32. The molecule has 1 heteroatoms. The molecule has 0 unspecified atom stereocenters. The van der Waals surface area contributed by atoms with E-state index in [9.17, 15) is 0 Å². The molecule has 0 saturated carbocycles. The van der Waals surface area contributed by atoms with Gasteiger partial charge in [0.25, 0.3) is 0 Å². The van der Waals surface area contributed by atoms with Crippen molar-refractivity contribution in [2.75, 3.05) is 0 Å². The van der Waals surface area contributed by atoms with Crippen molar-refractivity contribution in [3.05, 3.63) is 114 Å². The zero-order valence-corrected chi connectivity index (χ0v) is 20.2. The highest BCUT2D eigenvalue weighted by atomic mass is 16.3. The monoisotopic (exact) mass is 452 g/mol. The summed E-state index contributed by atoms with van der Waals surface area (Å²) in [6.07, 6.45) is 6.43. The largest absolute Gasteiger partial charge is 0.456 e. The van der Waals surface area contributed by atoms with E-state index in [1.807, 2.05) is 13.8 Å². The van der Waals surface area contributed by atoms with Gasteiger partial charge in [-0.2, -0.15) is 0 Å². The summed E-state index contributed by atoms with van der Waals surface area (Å²) < 4.78 is 6.28. The molecule has 1 aliphatic rings. The molecule has 7 rings (SSSR count). The van der Waals surface area contributed by atoms with Crippen LogP contribution in [0.15, 0.2) is 108 Å². The van der Waals surface area contributed by atoms with Crippen molar-refractivity contribution in [3.63, 3.8) is 0 Å². The molecule has 0 N–H and O–H groups in total. The molecule has 0 aliphatic heterocycles. The number of allylic oxidation sites excluding steroid dienone is 1. The van der Waals surface area contributed by atoms with E-state index in [-0.39, 0.29) is 0 Å². The molecule has 1 heterocycles. The molecule has 0 bridgehead atoms. The van der Waals surface area contributed by atoms with E-state index in [0.717, 1.165) is 24.2 Å². The van der Waals surface area contributed by atoms with Gasteiger partial charge in [0.2, 0.25) is 0 Å². The Morgan fingerprint density at radius 3 is 1.86 bits per heavy atom. The first-order valence-electron chi connectivity index (χ1n) is 12.6. The van der Waals surface area contributed by atoms with Crippen LogP contribution in [0.4, 0.5) is 0 Å². The van der Waals surface area contributed by atoms with Crippen molar-refractivity contribution in [1.29, 1.82) is 0 Å². The summed E-state index contributed by atoms with van der Waals surface area (Å²) in [5, 5.41) is 6.39. The van der Waals surface area contributed by atoms with Crippen LogP contribution >= 0.6 is 0 Å². The second-order valence-electron chi connectivity index (χ2n) is 8.77. The summed E-state index contributed by atoms with van der Waals surface area (Å²) in [7, 11) is 0. The molecular weight excluding hydrogens is 424 g/mol. The maximum absolute atomic E-state index is 6.28. The SMILES string of the molecule is C1=Cc2oc3cccc(-c4c5ccccc5c(-c5ccccc5)c5ccccc45)c3c2CC1.CC. The van der Waals surface area contributed by atoms with E-state index in [2.05, 4.69) is 109 Å². The third-order valence-electron chi connectivity index (χ3n) is 6.94. The van der Waals surface area contributed by atoms with Crippen molar-refractivity contribution in [3.8, 4) is 22.3 Å². The van der Waals surface area contributed by atoms with E-state index >= 15 is 0 Å². The number of furan rings is 1. The first-order chi connectivity index (χ1) is 17.4. The molecule has 0 radical (unpaired) electrons. The number of hydrogen-bond donors (Lipinski definition) is 0. The highest BCUT2D eigenvalue weighted by Gasteiger charge is 2.22. The van der Waals surface area contributed by atoms with Gasteiger partial charge in [0.05, 0.1) is 0 Å². The normalized spacial score (nSPS) is 12.5. The smallest absolute Gasteiger partial charge is 0.135 e. The van der Waals surface area contributed by atoms with Crippen molar-refractivity contribution in [2.45, 2.75) is 26.7 Å². The quantitative estimate of drug-likeness (QED) is 0.238. The molecule has 6 aromatic rings. The molecule has 0 amide bonds. The minimum atomic E-state index is 0.976. The van der Waals surface area contributed by atoms with Crippen LogP contribution in [0.3, 0.4) is 0 Å². The van der Waals surface area contributed by atoms with Gasteiger partial charge in [-0.1, -0.05) is 111 Å². The summed E-state index contributed by atoms with van der Waals surface area (Å²) in [5.41, 5.74) is 7.42. The Morgan fingerprint density at radius 1 is 0.600 bits per heavy atom. The minimum Gasteiger partial charge on any atom is -0.456 e. The number of hydrogen-bond acceptors (Lipinski definition) is 1. The van der Waals surface area contributed by atoms with E-state index in [0.29, 0.717) is 0 Å². The van der Waals surface area contributed by atoms with Crippen LogP contribution in [0.5, 0.6) is 0 Å². The summed E-state index contributed by atoms with van der Waals surface area (Å²) in [6, 6.07) is 35.0. The van der Waals surface area contributed by atoms with Crippen LogP contribution in [0.25, 0.3) is 60.8 Å². The third-order valence-corrected chi connectivity index (χ3v) is 6.94. The Labute approximate surface area is 206 Å². The van der Waals surface area contributed by atoms with Crippen LogP contribution in [0.1, 0.15) is 31.6 Å². The van der Waals surface area contributed by atoms with Gasteiger partial charge in [0.1, 0.15) is 11.3 Å². The molecule has 1 aliphatic carbocycles. The Bertz CT molecular complexity index is 1640. The molecule has 0 fully saturated rings. The lowest BCUT2D eigenvalue weighted by Crippen LogP contribution is -1.93. The maximum Gasteiger partial charge on any atom is 0.135 e. The average molecular weight is 453 g/mol. The van der Waals surface area contributed by atoms with E-state index < -0.39 is 0 Å². The maximum atomic E-state index is 6.28. The highest BCUT2D eigenvalue weighted by molar-refractivity contribution is 6.23. The second-order valence-corrected chi connectivity index (χ2v) is 8.77.